The van der Waals surface area contributed by atoms with Crippen LogP contribution in [0.2, 0.25) is 0 Å². The van der Waals surface area contributed by atoms with Gasteiger partial charge in [0.05, 0.1) is 18.1 Å². The molecule has 2 aromatic heterocycles. The van der Waals surface area contributed by atoms with Crippen LogP contribution in [-0.4, -0.2) is 21.4 Å². The van der Waals surface area contributed by atoms with E-state index in [1.54, 1.807) is 33.7 Å². The van der Waals surface area contributed by atoms with Crippen LogP contribution < -0.4 is 5.56 Å². The summed E-state index contributed by atoms with van der Waals surface area (Å²) in [6.45, 7) is 11.5. The van der Waals surface area contributed by atoms with Gasteiger partial charge in [-0.3, -0.25) is 9.36 Å². The zero-order valence-electron chi connectivity index (χ0n) is 17.3. The van der Waals surface area contributed by atoms with E-state index >= 15 is 0 Å². The summed E-state index contributed by atoms with van der Waals surface area (Å²) in [6.07, 6.45) is 9.03. The van der Waals surface area contributed by atoms with Gasteiger partial charge in [0.2, 0.25) is 0 Å². The lowest BCUT2D eigenvalue weighted by atomic mass is 9.96. The van der Waals surface area contributed by atoms with Crippen LogP contribution >= 0.6 is 23.1 Å². The molecular weight excluding hydrogens is 388 g/mol. The molecule has 0 aliphatic carbocycles. The lowest BCUT2D eigenvalue weighted by Gasteiger charge is -2.26. The number of fused-ring (bicyclic) bond motifs is 3. The summed E-state index contributed by atoms with van der Waals surface area (Å²) >= 11 is 3.34. The molecule has 154 valence electrons. The van der Waals surface area contributed by atoms with Crippen molar-refractivity contribution in [1.29, 1.82) is 0 Å². The fourth-order valence-corrected chi connectivity index (χ4v) is 5.81. The minimum atomic E-state index is 0.0836. The normalized spacial score (nSPS) is 16.6. The average Bonchev–Trinajstić information content (AvgIpc) is 3.04. The van der Waals surface area contributed by atoms with Crippen molar-refractivity contribution >= 4 is 33.3 Å². The number of thiophene rings is 1. The van der Waals surface area contributed by atoms with E-state index in [1.807, 2.05) is 0 Å². The second kappa shape index (κ2) is 10.1. The maximum atomic E-state index is 13.4. The van der Waals surface area contributed by atoms with Crippen molar-refractivity contribution in [3.05, 3.63) is 33.4 Å². The molecule has 3 rings (SSSR count). The molecule has 0 unspecified atom stereocenters. The van der Waals surface area contributed by atoms with Crippen molar-refractivity contribution in [3.8, 4) is 0 Å². The Morgan fingerprint density at radius 1 is 1.36 bits per heavy atom. The fourth-order valence-electron chi connectivity index (χ4n) is 3.64. The highest BCUT2D eigenvalue weighted by Crippen LogP contribution is 2.36. The quantitative estimate of drug-likeness (QED) is 0.211. The van der Waals surface area contributed by atoms with Crippen molar-refractivity contribution in [1.82, 2.24) is 9.55 Å². The van der Waals surface area contributed by atoms with Gasteiger partial charge in [-0.2, -0.15) is 0 Å². The molecule has 1 aliphatic rings. The molecule has 0 bridgehead atoms. The average molecular weight is 421 g/mol. The minimum Gasteiger partial charge on any atom is -0.372 e. The predicted octanol–water partition coefficient (Wildman–Crippen LogP) is 5.80. The third-order valence-electron chi connectivity index (χ3n) is 5.33. The molecule has 0 N–H and O–H groups in total. The summed E-state index contributed by atoms with van der Waals surface area (Å²) in [6, 6.07) is 0. The number of thioether (sulfide) groups is 1. The zero-order chi connectivity index (χ0) is 20.1. The van der Waals surface area contributed by atoms with Gasteiger partial charge in [0.25, 0.3) is 5.56 Å². The molecule has 0 saturated heterocycles. The number of unbranched alkanes of at least 4 members (excludes halogenated alkanes) is 4. The third-order valence-corrected chi connectivity index (χ3v) is 7.49. The predicted molar refractivity (Wildman–Crippen MR) is 121 cm³/mol. The van der Waals surface area contributed by atoms with E-state index in [0.717, 1.165) is 39.5 Å². The molecule has 0 amide bonds. The number of nitrogens with zero attached hydrogens (tertiary/aromatic N) is 2. The van der Waals surface area contributed by atoms with Crippen molar-refractivity contribution in [3.63, 3.8) is 0 Å². The first kappa shape index (κ1) is 21.6. The van der Waals surface area contributed by atoms with Crippen molar-refractivity contribution in [2.24, 2.45) is 5.92 Å². The zero-order valence-corrected chi connectivity index (χ0v) is 19.0. The number of aromatic nitrogens is 2. The Balaban J connectivity index is 1.88. The monoisotopic (exact) mass is 420 g/mol. The van der Waals surface area contributed by atoms with E-state index in [-0.39, 0.29) is 11.7 Å². The lowest BCUT2D eigenvalue weighted by molar-refractivity contribution is 0.00200. The van der Waals surface area contributed by atoms with Crippen LogP contribution in [0.5, 0.6) is 0 Å². The largest absolute Gasteiger partial charge is 0.372 e. The molecule has 0 saturated carbocycles. The first-order valence-corrected chi connectivity index (χ1v) is 12.3. The maximum absolute atomic E-state index is 13.4. The van der Waals surface area contributed by atoms with Gasteiger partial charge in [-0.1, -0.05) is 64.3 Å². The Kier molecular flexibility index (Phi) is 7.77. The maximum Gasteiger partial charge on any atom is 0.263 e. The van der Waals surface area contributed by atoms with E-state index < -0.39 is 0 Å². The van der Waals surface area contributed by atoms with Gasteiger partial charge in [-0.25, -0.2) is 4.98 Å². The number of ether oxygens (including phenoxy) is 1. The van der Waals surface area contributed by atoms with Crippen LogP contribution in [0.15, 0.2) is 22.6 Å². The number of allylic oxidation sites excluding steroid dienone is 1. The van der Waals surface area contributed by atoms with E-state index in [2.05, 4.69) is 27.4 Å². The molecule has 4 nitrogen and oxygen atoms in total. The number of rotatable bonds is 10. The third kappa shape index (κ3) is 4.71. The van der Waals surface area contributed by atoms with Gasteiger partial charge in [0, 0.05) is 23.6 Å². The number of hydrogen-bond acceptors (Lipinski definition) is 5. The van der Waals surface area contributed by atoms with Gasteiger partial charge in [0.15, 0.2) is 5.16 Å². The molecule has 2 aromatic rings. The van der Waals surface area contributed by atoms with Crippen LogP contribution in [0, 0.1) is 5.92 Å². The standard InChI is InChI=1S/C22H32N2O2S2/c1-5-7-8-9-10-12-27-22-23-20-19(21(25)24(22)11-6-2)16-13-17(15(3)4)26-14-18(16)28-20/h6,15,17H,2,5,7-14H2,1,3-4H3/t17-/m1/s1. The first-order chi connectivity index (χ1) is 13.6. The van der Waals surface area contributed by atoms with E-state index in [1.165, 1.54) is 30.6 Å². The highest BCUT2D eigenvalue weighted by Gasteiger charge is 2.28. The molecule has 1 atom stereocenters. The molecule has 28 heavy (non-hydrogen) atoms. The Morgan fingerprint density at radius 3 is 2.86 bits per heavy atom. The minimum absolute atomic E-state index is 0.0836. The van der Waals surface area contributed by atoms with Gasteiger partial charge >= 0.3 is 0 Å². The Morgan fingerprint density at radius 2 is 2.14 bits per heavy atom. The second-order valence-electron chi connectivity index (χ2n) is 7.84. The smallest absolute Gasteiger partial charge is 0.263 e. The second-order valence-corrected chi connectivity index (χ2v) is 9.99. The Bertz CT molecular complexity index is 870. The molecule has 1 aliphatic heterocycles. The van der Waals surface area contributed by atoms with E-state index in [4.69, 9.17) is 9.72 Å². The summed E-state index contributed by atoms with van der Waals surface area (Å²) in [5, 5.41) is 1.64. The summed E-state index contributed by atoms with van der Waals surface area (Å²) in [5.74, 6) is 1.44. The van der Waals surface area contributed by atoms with Crippen LogP contribution in [0.1, 0.15) is 63.3 Å². The van der Waals surface area contributed by atoms with Gasteiger partial charge in [0.1, 0.15) is 4.83 Å². The lowest BCUT2D eigenvalue weighted by Crippen LogP contribution is -2.28. The summed E-state index contributed by atoms with van der Waals surface area (Å²) < 4.78 is 7.81. The Hall–Kier alpha value is -1.11. The molecular formula is C22H32N2O2S2. The molecule has 0 spiro atoms. The highest BCUT2D eigenvalue weighted by atomic mass is 32.2. The molecule has 6 heteroatoms. The van der Waals surface area contributed by atoms with Crippen molar-refractivity contribution in [2.45, 2.75) is 83.7 Å². The number of hydrogen-bond donors (Lipinski definition) is 0. The van der Waals surface area contributed by atoms with Crippen LogP contribution in [-0.2, 0) is 24.3 Å². The molecule has 3 heterocycles. The topological polar surface area (TPSA) is 44.1 Å². The van der Waals surface area contributed by atoms with Crippen LogP contribution in [0.4, 0.5) is 0 Å². The SMILES string of the molecule is C=CCn1c(SCCCCCCC)nc2sc3c(c2c1=O)C[C@H](C(C)C)OC3. The molecule has 0 aromatic carbocycles. The Labute approximate surface area is 176 Å². The molecule has 0 fully saturated rings. The first-order valence-electron chi connectivity index (χ1n) is 10.5. The fraction of sp³-hybridized carbons (Fsp3) is 0.636. The summed E-state index contributed by atoms with van der Waals surface area (Å²) in [7, 11) is 0. The van der Waals surface area contributed by atoms with Crippen LogP contribution in [0.25, 0.3) is 10.2 Å². The van der Waals surface area contributed by atoms with Gasteiger partial charge < -0.3 is 4.74 Å². The van der Waals surface area contributed by atoms with E-state index in [0.29, 0.717) is 19.1 Å². The summed E-state index contributed by atoms with van der Waals surface area (Å²) in [5.41, 5.74) is 1.25. The van der Waals surface area contributed by atoms with Gasteiger partial charge in [-0.05, 0) is 17.9 Å². The van der Waals surface area contributed by atoms with E-state index in [9.17, 15) is 4.79 Å². The van der Waals surface area contributed by atoms with Crippen LogP contribution in [0.3, 0.4) is 0 Å². The highest BCUT2D eigenvalue weighted by molar-refractivity contribution is 7.99. The van der Waals surface area contributed by atoms with Crippen molar-refractivity contribution < 1.29 is 4.74 Å². The molecule has 0 radical (unpaired) electrons. The van der Waals surface area contributed by atoms with Gasteiger partial charge in [-0.15, -0.1) is 17.9 Å². The van der Waals surface area contributed by atoms with Crippen molar-refractivity contribution in [2.75, 3.05) is 5.75 Å². The summed E-state index contributed by atoms with van der Waals surface area (Å²) in [4.78, 5) is 20.3.